The van der Waals surface area contributed by atoms with Gasteiger partial charge in [0.05, 0.1) is 11.3 Å². The van der Waals surface area contributed by atoms with E-state index >= 15 is 0 Å². The smallest absolute Gasteiger partial charge is 0.162 e. The predicted molar refractivity (Wildman–Crippen MR) is 233 cm³/mol. The van der Waals surface area contributed by atoms with Crippen LogP contribution in [0.2, 0.25) is 18.1 Å². The summed E-state index contributed by atoms with van der Waals surface area (Å²) in [5, 5.41) is 10.8. The zero-order valence-corrected chi connectivity index (χ0v) is 40.4. The van der Waals surface area contributed by atoms with E-state index in [2.05, 4.69) is 100 Å². The zero-order valence-electron chi connectivity index (χ0n) is 36.2. The molecule has 0 aliphatic heterocycles. The largest absolute Gasteiger partial charge is 0.512 e. The van der Waals surface area contributed by atoms with Gasteiger partial charge in [-0.2, -0.15) is 0 Å². The summed E-state index contributed by atoms with van der Waals surface area (Å²) in [6, 6.07) is 14.2. The number of allylic oxidation sites excluding steroid dienone is 2. The fourth-order valence-electron chi connectivity index (χ4n) is 8.33. The molecule has 0 atom stereocenters. The molecular weight excluding hydrogens is 879 g/mol. The van der Waals surface area contributed by atoms with Gasteiger partial charge in [0.15, 0.2) is 5.78 Å². The van der Waals surface area contributed by atoms with Crippen LogP contribution >= 0.6 is 11.3 Å². The topological polar surface area (TPSA) is 76.0 Å². The van der Waals surface area contributed by atoms with Crippen LogP contribution in [-0.2, 0) is 30.3 Å². The second-order valence-electron chi connectivity index (χ2n) is 17.7. The molecule has 3 aromatic heterocycles. The Labute approximate surface area is 347 Å². The number of aliphatic hydroxyl groups excluding tert-OH is 1. The Morgan fingerprint density at radius 1 is 0.852 bits per heavy atom. The molecule has 0 aliphatic carbocycles. The first-order valence-corrected chi connectivity index (χ1v) is 23.8. The van der Waals surface area contributed by atoms with Crippen molar-refractivity contribution < 1.29 is 30.0 Å². The number of hydrogen-bond acceptors (Lipinski definition) is 6. The summed E-state index contributed by atoms with van der Waals surface area (Å²) in [6.07, 6.45) is 6.67. The van der Waals surface area contributed by atoms with E-state index in [0.717, 1.165) is 59.1 Å². The summed E-state index contributed by atoms with van der Waals surface area (Å²) in [5.74, 6) is 2.61. The second kappa shape index (κ2) is 20.8. The standard InChI is InChI=1S/C33H46N3SSi.C13H24O2.Ir/c1-20(2)16-38(17-21(3)4,18-22(5)6)32-24(8)28-31(37-32)30(35-19-34-28)26-14-25-13-12-23(7)36-29(25)27(15-26)33(9,10)11;1-5-10(6-2)12(14)9-13(15)11(7-3)8-4;/h12-13,15,19-22H,16-18H2,1-11H3;9-11,14H,5-8H2,1-4H3;/q-1;;/b;12-9-;. The van der Waals surface area contributed by atoms with Gasteiger partial charge in [-0.15, -0.1) is 29.5 Å². The number of ketones is 1. The summed E-state index contributed by atoms with van der Waals surface area (Å²) < 4.78 is 2.88. The van der Waals surface area contributed by atoms with Gasteiger partial charge >= 0.3 is 0 Å². The van der Waals surface area contributed by atoms with E-state index in [1.165, 1.54) is 40.0 Å². The molecule has 0 fully saturated rings. The minimum absolute atomic E-state index is 0. The van der Waals surface area contributed by atoms with Crippen molar-refractivity contribution in [2.24, 2.45) is 29.6 Å². The van der Waals surface area contributed by atoms with Gasteiger partial charge in [-0.1, -0.05) is 131 Å². The quantitative estimate of drug-likeness (QED) is 0.0556. The van der Waals surface area contributed by atoms with E-state index in [4.69, 9.17) is 15.0 Å². The Morgan fingerprint density at radius 2 is 1.39 bits per heavy atom. The fraction of sp³-hybridized carbons (Fsp3) is 0.609. The summed E-state index contributed by atoms with van der Waals surface area (Å²) >= 11 is 2.00. The molecule has 4 aromatic rings. The Bertz CT molecular complexity index is 1820. The summed E-state index contributed by atoms with van der Waals surface area (Å²) in [6.45, 7) is 33.7. The number of aromatic nitrogens is 3. The van der Waals surface area contributed by atoms with E-state index in [0.29, 0.717) is 17.8 Å². The number of aryl methyl sites for hydroxylation is 2. The molecule has 301 valence electrons. The summed E-state index contributed by atoms with van der Waals surface area (Å²) in [4.78, 5) is 26.4. The van der Waals surface area contributed by atoms with Crippen LogP contribution in [0.25, 0.3) is 32.4 Å². The van der Waals surface area contributed by atoms with Gasteiger partial charge in [0.25, 0.3) is 0 Å². The Morgan fingerprint density at radius 3 is 1.87 bits per heavy atom. The van der Waals surface area contributed by atoms with Crippen LogP contribution in [0.15, 0.2) is 36.4 Å². The van der Waals surface area contributed by atoms with Crippen LogP contribution in [0, 0.1) is 49.5 Å². The molecule has 5 nitrogen and oxygen atoms in total. The van der Waals surface area contributed by atoms with E-state index in [-0.39, 0.29) is 48.9 Å². The number of benzene rings is 1. The maximum atomic E-state index is 11.7. The van der Waals surface area contributed by atoms with Crippen molar-refractivity contribution in [2.45, 2.75) is 153 Å². The third-order valence-corrected chi connectivity index (χ3v) is 19.4. The molecular formula is C46H70IrN3O2SSi-. The first kappa shape index (κ1) is 47.9. The molecule has 0 saturated heterocycles. The number of thiophene rings is 1. The molecule has 0 amide bonds. The van der Waals surface area contributed by atoms with Gasteiger partial charge < -0.3 is 5.11 Å². The maximum absolute atomic E-state index is 11.7. The van der Waals surface area contributed by atoms with Crippen molar-refractivity contribution in [1.29, 1.82) is 0 Å². The molecule has 1 aromatic carbocycles. The van der Waals surface area contributed by atoms with Crippen molar-refractivity contribution >= 4 is 50.8 Å². The monoisotopic (exact) mass is 949 g/mol. The van der Waals surface area contributed by atoms with E-state index < -0.39 is 8.07 Å². The molecule has 0 unspecified atom stereocenters. The average molecular weight is 949 g/mol. The fourth-order valence-corrected chi connectivity index (χ4v) is 17.9. The number of aliphatic hydroxyl groups is 1. The SMILES string of the molecule is CCC(CC)C(=O)/C=C(\O)C(CC)CC.Cc1ccc2[c-]c(-c3ncnc4c(C)c([Si](CC(C)C)(CC(C)C)CC(C)C)sc34)cc(C(C)(C)C)c2n1.[Ir]. The van der Waals surface area contributed by atoms with Crippen molar-refractivity contribution in [2.75, 3.05) is 0 Å². The Kier molecular flexibility index (Phi) is 18.4. The van der Waals surface area contributed by atoms with Gasteiger partial charge in [0.1, 0.15) is 14.4 Å². The molecule has 0 spiro atoms. The maximum Gasteiger partial charge on any atom is 0.162 e. The number of carbonyl (C=O) groups is 1. The number of fused-ring (bicyclic) bond motifs is 2. The van der Waals surface area contributed by atoms with Gasteiger partial charge in [-0.25, -0.2) is 4.98 Å². The predicted octanol–water partition coefficient (Wildman–Crippen LogP) is 13.1. The van der Waals surface area contributed by atoms with Crippen molar-refractivity contribution in [3.05, 3.63) is 59.2 Å². The van der Waals surface area contributed by atoms with Crippen LogP contribution in [0.1, 0.15) is 133 Å². The Balaban J connectivity index is 0.000000536. The third kappa shape index (κ3) is 11.9. The van der Waals surface area contributed by atoms with Crippen molar-refractivity contribution in [3.8, 4) is 11.3 Å². The second-order valence-corrected chi connectivity index (χ2v) is 23.4. The molecule has 3 heterocycles. The van der Waals surface area contributed by atoms with Crippen molar-refractivity contribution in [3.63, 3.8) is 0 Å². The number of carbonyl (C=O) groups excluding carboxylic acids is 1. The van der Waals surface area contributed by atoms with Crippen LogP contribution in [0.3, 0.4) is 0 Å². The number of hydrogen-bond donors (Lipinski definition) is 1. The molecule has 1 N–H and O–H groups in total. The number of rotatable bonds is 15. The summed E-state index contributed by atoms with van der Waals surface area (Å²) in [5.41, 5.74) is 7.89. The first-order valence-electron chi connectivity index (χ1n) is 20.4. The number of nitrogens with zero attached hydrogens (tertiary/aromatic N) is 3. The van der Waals surface area contributed by atoms with E-state index in [9.17, 15) is 9.90 Å². The zero-order chi connectivity index (χ0) is 39.8. The molecule has 0 bridgehead atoms. The molecule has 8 heteroatoms. The van der Waals surface area contributed by atoms with Gasteiger partial charge in [0, 0.05) is 59.6 Å². The van der Waals surface area contributed by atoms with Crippen LogP contribution in [-0.4, -0.2) is 33.9 Å². The van der Waals surface area contributed by atoms with Crippen LogP contribution < -0.4 is 4.50 Å². The number of pyridine rings is 1. The van der Waals surface area contributed by atoms with Crippen LogP contribution in [0.5, 0.6) is 0 Å². The van der Waals surface area contributed by atoms with Gasteiger partial charge in [-0.3, -0.25) is 14.8 Å². The molecule has 1 radical (unpaired) electrons. The van der Waals surface area contributed by atoms with E-state index in [1.54, 1.807) is 10.8 Å². The van der Waals surface area contributed by atoms with Crippen molar-refractivity contribution in [1.82, 2.24) is 15.0 Å². The molecule has 54 heavy (non-hydrogen) atoms. The third-order valence-electron chi connectivity index (χ3n) is 10.6. The molecule has 4 rings (SSSR count). The normalized spacial score (nSPS) is 12.7. The summed E-state index contributed by atoms with van der Waals surface area (Å²) in [7, 11) is -1.77. The molecule has 0 aliphatic rings. The van der Waals surface area contributed by atoms with Gasteiger partial charge in [0.2, 0.25) is 0 Å². The minimum atomic E-state index is -1.77. The van der Waals surface area contributed by atoms with Gasteiger partial charge in [-0.05, 0) is 72.8 Å². The first-order chi connectivity index (χ1) is 24.8. The minimum Gasteiger partial charge on any atom is -0.512 e. The van der Waals surface area contributed by atoms with Crippen LogP contribution in [0.4, 0.5) is 0 Å². The average Bonchev–Trinajstić information content (AvgIpc) is 3.41. The molecule has 0 saturated carbocycles. The van der Waals surface area contributed by atoms with E-state index in [1.807, 2.05) is 39.0 Å². The Hall–Kier alpha value is -2.25.